The third-order valence-corrected chi connectivity index (χ3v) is 8.39. The van der Waals surface area contributed by atoms with Gasteiger partial charge >= 0.3 is 6.03 Å². The van der Waals surface area contributed by atoms with Crippen LogP contribution in [0.1, 0.15) is 45.0 Å². The molecule has 4 aromatic rings. The summed E-state index contributed by atoms with van der Waals surface area (Å²) in [5.41, 5.74) is 0.917. The summed E-state index contributed by atoms with van der Waals surface area (Å²) >= 11 is 0. The molecule has 3 heterocycles. The Balaban J connectivity index is 1.25. The first-order valence-electron chi connectivity index (χ1n) is 15.1. The third kappa shape index (κ3) is 6.00. The topological polar surface area (TPSA) is 101 Å². The van der Waals surface area contributed by atoms with Crippen LogP contribution >= 0.6 is 0 Å². The standard InChI is InChI=1S/C34H36FN5O5/c1-22(2)44-29-10-5-7-24(17-29)20-38-16-15-34(19-23(38)3)32(41)39(33(42)40(34)27-9-6-8-26(35)18-27)21-30-36-31(45-37-30)25-11-13-28(43-4)14-12-25/h5-14,17-18,22-23H,15-16,19-21H2,1-4H3/t23-,34?/m0/s1. The summed E-state index contributed by atoms with van der Waals surface area (Å²) in [4.78, 5) is 37.7. The van der Waals surface area contributed by atoms with Crippen molar-refractivity contribution in [3.63, 3.8) is 0 Å². The van der Waals surface area contributed by atoms with Crippen LogP contribution in [0.25, 0.3) is 11.5 Å². The second kappa shape index (κ2) is 12.3. The molecule has 2 fully saturated rings. The van der Waals surface area contributed by atoms with E-state index < -0.39 is 17.4 Å². The van der Waals surface area contributed by atoms with E-state index in [1.165, 1.54) is 17.0 Å². The Hall–Kier alpha value is -4.77. The summed E-state index contributed by atoms with van der Waals surface area (Å²) in [7, 11) is 1.58. The first-order chi connectivity index (χ1) is 21.7. The molecule has 11 heteroatoms. The van der Waals surface area contributed by atoms with Crippen LogP contribution in [0.4, 0.5) is 14.9 Å². The molecule has 45 heavy (non-hydrogen) atoms. The maximum absolute atomic E-state index is 14.5. The number of benzene rings is 3. The Bertz CT molecular complexity index is 1690. The van der Waals surface area contributed by atoms with Crippen molar-refractivity contribution in [2.75, 3.05) is 18.6 Å². The zero-order chi connectivity index (χ0) is 31.7. The van der Waals surface area contributed by atoms with Gasteiger partial charge in [0.2, 0.25) is 0 Å². The van der Waals surface area contributed by atoms with Gasteiger partial charge in [0.25, 0.3) is 11.8 Å². The number of urea groups is 1. The average Bonchev–Trinajstić information content (AvgIpc) is 3.56. The van der Waals surface area contributed by atoms with Gasteiger partial charge in [-0.2, -0.15) is 4.98 Å². The number of anilines is 1. The van der Waals surface area contributed by atoms with Crippen molar-refractivity contribution in [3.05, 3.63) is 90.0 Å². The lowest BCUT2D eigenvalue weighted by atomic mass is 9.81. The Morgan fingerprint density at radius 3 is 2.51 bits per heavy atom. The van der Waals surface area contributed by atoms with E-state index in [9.17, 15) is 14.0 Å². The molecule has 0 N–H and O–H groups in total. The van der Waals surface area contributed by atoms with Gasteiger partial charge < -0.3 is 14.0 Å². The summed E-state index contributed by atoms with van der Waals surface area (Å²) in [6, 6.07) is 20.3. The molecule has 10 nitrogen and oxygen atoms in total. The second-order valence-electron chi connectivity index (χ2n) is 11.9. The zero-order valence-electron chi connectivity index (χ0n) is 25.8. The van der Waals surface area contributed by atoms with E-state index in [1.54, 1.807) is 43.5 Å². The SMILES string of the molecule is COc1ccc(-c2nc(CN3C(=O)N(c4cccc(F)c4)C4(CCN(Cc5cccc(OC(C)C)c5)[C@@H](C)C4)C3=O)no2)cc1. The predicted octanol–water partition coefficient (Wildman–Crippen LogP) is 6.06. The second-order valence-corrected chi connectivity index (χ2v) is 11.9. The highest BCUT2D eigenvalue weighted by molar-refractivity contribution is 6.16. The van der Waals surface area contributed by atoms with Crippen LogP contribution in [0.5, 0.6) is 11.5 Å². The van der Waals surface area contributed by atoms with Crippen molar-refractivity contribution in [2.45, 2.75) is 64.4 Å². The normalized spacial score (nSPS) is 20.4. The van der Waals surface area contributed by atoms with E-state index >= 15 is 0 Å². The number of likely N-dealkylation sites (tertiary alicyclic amines) is 1. The number of amides is 3. The minimum atomic E-state index is -1.19. The first-order valence-corrected chi connectivity index (χ1v) is 15.1. The van der Waals surface area contributed by atoms with Gasteiger partial charge in [-0.1, -0.05) is 23.4 Å². The number of halogens is 1. The number of piperidine rings is 1. The Labute approximate surface area is 261 Å². The molecule has 2 aliphatic rings. The number of aromatic nitrogens is 2. The van der Waals surface area contributed by atoms with Crippen LogP contribution in [0.15, 0.2) is 77.3 Å². The third-order valence-electron chi connectivity index (χ3n) is 8.39. The fourth-order valence-electron chi connectivity index (χ4n) is 6.29. The van der Waals surface area contributed by atoms with Gasteiger partial charge in [0.05, 0.1) is 19.8 Å². The highest BCUT2D eigenvalue weighted by Crippen LogP contribution is 2.43. The number of ether oxygens (including phenoxy) is 2. The molecule has 0 bridgehead atoms. The summed E-state index contributed by atoms with van der Waals surface area (Å²) in [6.07, 6.45) is 0.814. The first kappa shape index (κ1) is 30.3. The lowest BCUT2D eigenvalue weighted by molar-refractivity contribution is -0.133. The van der Waals surface area contributed by atoms with E-state index in [4.69, 9.17) is 14.0 Å². The van der Waals surface area contributed by atoms with Gasteiger partial charge in [-0.05, 0) is 93.8 Å². The molecule has 2 saturated heterocycles. The van der Waals surface area contributed by atoms with E-state index in [1.807, 2.05) is 32.0 Å². The van der Waals surface area contributed by atoms with Crippen molar-refractivity contribution in [3.8, 4) is 23.0 Å². The molecular weight excluding hydrogens is 577 g/mol. The molecule has 1 unspecified atom stereocenters. The monoisotopic (exact) mass is 613 g/mol. The summed E-state index contributed by atoms with van der Waals surface area (Å²) in [5.74, 6) is 1.10. The summed E-state index contributed by atoms with van der Waals surface area (Å²) in [5, 5.41) is 4.05. The van der Waals surface area contributed by atoms with Gasteiger partial charge in [0, 0.05) is 30.4 Å². The largest absolute Gasteiger partial charge is 0.497 e. The van der Waals surface area contributed by atoms with Crippen molar-refractivity contribution in [2.24, 2.45) is 0 Å². The maximum Gasteiger partial charge on any atom is 0.332 e. The van der Waals surface area contributed by atoms with Crippen molar-refractivity contribution < 1.29 is 28.0 Å². The summed E-state index contributed by atoms with van der Waals surface area (Å²) < 4.78 is 31.0. The minimum absolute atomic E-state index is 0.0620. The van der Waals surface area contributed by atoms with E-state index in [2.05, 4.69) is 28.0 Å². The van der Waals surface area contributed by atoms with Crippen LogP contribution in [0, 0.1) is 5.82 Å². The van der Waals surface area contributed by atoms with Crippen LogP contribution < -0.4 is 14.4 Å². The lowest BCUT2D eigenvalue weighted by Crippen LogP contribution is -2.59. The van der Waals surface area contributed by atoms with E-state index in [0.717, 1.165) is 16.2 Å². The van der Waals surface area contributed by atoms with Crippen LogP contribution in [0.2, 0.25) is 0 Å². The van der Waals surface area contributed by atoms with Gasteiger partial charge in [0.1, 0.15) is 22.9 Å². The molecule has 0 saturated carbocycles. The quantitative estimate of drug-likeness (QED) is 0.210. The molecule has 1 spiro atoms. The van der Waals surface area contributed by atoms with E-state index in [-0.39, 0.29) is 36.3 Å². The van der Waals surface area contributed by atoms with Gasteiger partial charge in [-0.3, -0.25) is 19.5 Å². The smallest absolute Gasteiger partial charge is 0.332 e. The fraction of sp³-hybridized carbons (Fsp3) is 0.353. The predicted molar refractivity (Wildman–Crippen MR) is 165 cm³/mol. The number of hydrogen-bond acceptors (Lipinski definition) is 8. The number of nitrogens with zero attached hydrogens (tertiary/aromatic N) is 5. The number of carbonyl (C=O) groups is 2. The summed E-state index contributed by atoms with van der Waals surface area (Å²) in [6.45, 7) is 7.08. The van der Waals surface area contributed by atoms with Gasteiger partial charge in [0.15, 0.2) is 5.82 Å². The number of carbonyl (C=O) groups excluding carboxylic acids is 2. The van der Waals surface area contributed by atoms with E-state index in [0.29, 0.717) is 42.9 Å². The molecular formula is C34H36FN5O5. The zero-order valence-corrected chi connectivity index (χ0v) is 25.8. The van der Waals surface area contributed by atoms with Crippen molar-refractivity contribution >= 4 is 17.6 Å². The van der Waals surface area contributed by atoms with Crippen LogP contribution in [-0.2, 0) is 17.9 Å². The molecule has 3 aromatic carbocycles. The van der Waals surface area contributed by atoms with Crippen molar-refractivity contribution in [1.29, 1.82) is 0 Å². The molecule has 1 aromatic heterocycles. The molecule has 2 aliphatic heterocycles. The maximum atomic E-state index is 14.5. The Morgan fingerprint density at radius 1 is 1.02 bits per heavy atom. The molecule has 2 atom stereocenters. The van der Waals surface area contributed by atoms with Gasteiger partial charge in [-0.25, -0.2) is 9.18 Å². The highest BCUT2D eigenvalue weighted by atomic mass is 19.1. The number of hydrogen-bond donors (Lipinski definition) is 0. The Kier molecular flexibility index (Phi) is 8.28. The number of imide groups is 1. The minimum Gasteiger partial charge on any atom is -0.497 e. The average molecular weight is 614 g/mol. The van der Waals surface area contributed by atoms with Crippen molar-refractivity contribution in [1.82, 2.24) is 19.9 Å². The lowest BCUT2D eigenvalue weighted by Gasteiger charge is -2.45. The number of rotatable bonds is 9. The van der Waals surface area contributed by atoms with Gasteiger partial charge in [-0.15, -0.1) is 0 Å². The number of methoxy groups -OCH3 is 1. The molecule has 0 aliphatic carbocycles. The van der Waals surface area contributed by atoms with Crippen LogP contribution in [0.3, 0.4) is 0 Å². The molecule has 3 amide bonds. The highest BCUT2D eigenvalue weighted by Gasteiger charge is 2.60. The molecule has 0 radical (unpaired) electrons. The fourth-order valence-corrected chi connectivity index (χ4v) is 6.29. The van der Waals surface area contributed by atoms with Crippen LogP contribution in [-0.4, -0.2) is 63.2 Å². The molecule has 6 rings (SSSR count). The Morgan fingerprint density at radius 2 is 1.80 bits per heavy atom. The molecule has 234 valence electrons.